The van der Waals surface area contributed by atoms with Crippen LogP contribution in [-0.4, -0.2) is 22.2 Å². The topological polar surface area (TPSA) is 56.2 Å². The van der Waals surface area contributed by atoms with Gasteiger partial charge in [0.2, 0.25) is 0 Å². The first kappa shape index (κ1) is 16.7. The number of amides is 1. The third-order valence-electron chi connectivity index (χ3n) is 3.59. The minimum Gasteiger partial charge on any atom is -0.471 e. The second kappa shape index (κ2) is 8.10. The van der Waals surface area contributed by atoms with Crippen molar-refractivity contribution in [1.29, 1.82) is 0 Å². The number of hydrogen-bond donors (Lipinski definition) is 1. The van der Waals surface area contributed by atoms with E-state index in [-0.39, 0.29) is 18.5 Å². The molecule has 0 spiro atoms. The van der Waals surface area contributed by atoms with E-state index in [9.17, 15) is 9.18 Å². The molecular formula is C19H18FN3O2. The highest BCUT2D eigenvalue weighted by Gasteiger charge is 2.09. The molecule has 0 unspecified atom stereocenters. The summed E-state index contributed by atoms with van der Waals surface area (Å²) in [5.41, 5.74) is 1.50. The van der Waals surface area contributed by atoms with Gasteiger partial charge in [0, 0.05) is 12.7 Å². The Morgan fingerprint density at radius 3 is 2.60 bits per heavy atom. The Kier molecular flexibility index (Phi) is 5.41. The Bertz CT molecular complexity index is 816. The molecule has 3 rings (SSSR count). The van der Waals surface area contributed by atoms with Crippen LogP contribution >= 0.6 is 0 Å². The van der Waals surface area contributed by atoms with E-state index in [1.807, 2.05) is 30.3 Å². The van der Waals surface area contributed by atoms with E-state index < -0.39 is 0 Å². The highest BCUT2D eigenvalue weighted by atomic mass is 19.1. The Balaban J connectivity index is 1.47. The van der Waals surface area contributed by atoms with E-state index in [1.165, 1.54) is 34.5 Å². The normalized spacial score (nSPS) is 10.4. The predicted molar refractivity (Wildman–Crippen MR) is 91.7 cm³/mol. The molecule has 0 fully saturated rings. The van der Waals surface area contributed by atoms with Crippen molar-refractivity contribution in [2.75, 3.05) is 6.54 Å². The van der Waals surface area contributed by atoms with Crippen LogP contribution in [0.2, 0.25) is 0 Å². The van der Waals surface area contributed by atoms with E-state index in [2.05, 4.69) is 10.4 Å². The summed E-state index contributed by atoms with van der Waals surface area (Å²) in [6.07, 6.45) is 2.43. The molecule has 1 amide bonds. The fourth-order valence-corrected chi connectivity index (χ4v) is 2.28. The van der Waals surface area contributed by atoms with Gasteiger partial charge in [0.1, 0.15) is 17.3 Å². The number of hydrogen-bond acceptors (Lipinski definition) is 3. The molecule has 1 N–H and O–H groups in total. The molecule has 0 saturated heterocycles. The van der Waals surface area contributed by atoms with Crippen molar-refractivity contribution in [3.8, 4) is 5.75 Å². The van der Waals surface area contributed by atoms with Crippen LogP contribution in [0.1, 0.15) is 16.1 Å². The molecule has 1 aromatic heterocycles. The summed E-state index contributed by atoms with van der Waals surface area (Å²) in [5.74, 6) is -0.0110. The van der Waals surface area contributed by atoms with Gasteiger partial charge in [-0.1, -0.05) is 30.3 Å². The Labute approximate surface area is 145 Å². The minimum absolute atomic E-state index is 0.142. The fourth-order valence-electron chi connectivity index (χ4n) is 2.28. The first-order chi connectivity index (χ1) is 12.2. The number of ether oxygens (including phenoxy) is 1. The van der Waals surface area contributed by atoms with E-state index in [4.69, 9.17) is 4.74 Å². The summed E-state index contributed by atoms with van der Waals surface area (Å²) >= 11 is 0. The van der Waals surface area contributed by atoms with Gasteiger partial charge in [0.15, 0.2) is 6.73 Å². The van der Waals surface area contributed by atoms with Gasteiger partial charge in [0.05, 0.1) is 0 Å². The molecule has 0 bridgehead atoms. The fraction of sp³-hybridized carbons (Fsp3) is 0.158. The third-order valence-corrected chi connectivity index (χ3v) is 3.59. The zero-order valence-corrected chi connectivity index (χ0v) is 13.6. The van der Waals surface area contributed by atoms with Gasteiger partial charge in [-0.2, -0.15) is 5.10 Å². The number of carbonyl (C=O) groups is 1. The monoisotopic (exact) mass is 339 g/mol. The number of halogens is 1. The van der Waals surface area contributed by atoms with Crippen LogP contribution in [0.15, 0.2) is 66.9 Å². The zero-order valence-electron chi connectivity index (χ0n) is 13.6. The predicted octanol–water partition coefficient (Wildman–Crippen LogP) is 3.03. The minimum atomic E-state index is -0.319. The second-order valence-corrected chi connectivity index (χ2v) is 5.46. The highest BCUT2D eigenvalue weighted by molar-refractivity contribution is 5.92. The Morgan fingerprint density at radius 1 is 1.08 bits per heavy atom. The molecule has 2 aromatic carbocycles. The number of nitrogens with one attached hydrogen (secondary N) is 1. The smallest absolute Gasteiger partial charge is 0.271 e. The standard InChI is InChI=1S/C19H18FN3O2/c20-16-6-8-17(9-7-16)25-14-23-13-11-18(22-23)19(24)21-12-10-15-4-2-1-3-5-15/h1-9,11,13H,10,12,14H2,(H,21,24). The SMILES string of the molecule is O=C(NCCc1ccccc1)c1ccn(COc2ccc(F)cc2)n1. The molecule has 0 aliphatic heterocycles. The average molecular weight is 339 g/mol. The van der Waals surface area contributed by atoms with Crippen LogP contribution in [0.4, 0.5) is 4.39 Å². The van der Waals surface area contributed by atoms with Gasteiger partial charge in [-0.05, 0) is 42.3 Å². The molecule has 0 aliphatic rings. The Morgan fingerprint density at radius 2 is 1.84 bits per heavy atom. The molecule has 25 heavy (non-hydrogen) atoms. The van der Waals surface area contributed by atoms with Gasteiger partial charge < -0.3 is 10.1 Å². The molecule has 3 aromatic rings. The molecule has 0 saturated carbocycles. The maximum Gasteiger partial charge on any atom is 0.271 e. The van der Waals surface area contributed by atoms with Crippen molar-refractivity contribution in [2.45, 2.75) is 13.2 Å². The van der Waals surface area contributed by atoms with Gasteiger partial charge in [-0.3, -0.25) is 4.79 Å². The van der Waals surface area contributed by atoms with Gasteiger partial charge >= 0.3 is 0 Å². The first-order valence-electron chi connectivity index (χ1n) is 7.95. The van der Waals surface area contributed by atoms with Gasteiger partial charge in [-0.15, -0.1) is 0 Å². The van der Waals surface area contributed by atoms with Crippen LogP contribution in [0.3, 0.4) is 0 Å². The molecule has 6 heteroatoms. The zero-order chi connectivity index (χ0) is 17.5. The summed E-state index contributed by atoms with van der Waals surface area (Å²) < 4.78 is 19.8. The lowest BCUT2D eigenvalue weighted by Crippen LogP contribution is -2.26. The Hall–Kier alpha value is -3.15. The molecule has 0 atom stereocenters. The maximum absolute atomic E-state index is 12.8. The van der Waals surface area contributed by atoms with Crippen molar-refractivity contribution in [3.05, 3.63) is 83.9 Å². The maximum atomic E-state index is 12.8. The average Bonchev–Trinajstić information content (AvgIpc) is 3.11. The van der Waals surface area contributed by atoms with Crippen LogP contribution in [0, 0.1) is 5.82 Å². The van der Waals surface area contributed by atoms with Crippen molar-refractivity contribution in [2.24, 2.45) is 0 Å². The van der Waals surface area contributed by atoms with Gasteiger partial charge in [-0.25, -0.2) is 9.07 Å². The van der Waals surface area contributed by atoms with E-state index in [1.54, 1.807) is 12.3 Å². The summed E-state index contributed by atoms with van der Waals surface area (Å²) in [6, 6.07) is 17.3. The van der Waals surface area contributed by atoms with Crippen LogP contribution in [0.25, 0.3) is 0 Å². The van der Waals surface area contributed by atoms with E-state index in [0.29, 0.717) is 18.0 Å². The number of aromatic nitrogens is 2. The number of carbonyl (C=O) groups excluding carboxylic acids is 1. The lowest BCUT2D eigenvalue weighted by atomic mass is 10.1. The summed E-state index contributed by atoms with van der Waals surface area (Å²) in [4.78, 5) is 12.1. The molecule has 1 heterocycles. The lowest BCUT2D eigenvalue weighted by molar-refractivity contribution is 0.0947. The van der Waals surface area contributed by atoms with Gasteiger partial charge in [0.25, 0.3) is 5.91 Å². The molecule has 5 nitrogen and oxygen atoms in total. The van der Waals surface area contributed by atoms with Crippen molar-refractivity contribution >= 4 is 5.91 Å². The van der Waals surface area contributed by atoms with E-state index >= 15 is 0 Å². The molecule has 128 valence electrons. The summed E-state index contributed by atoms with van der Waals surface area (Å²) in [7, 11) is 0. The van der Waals surface area contributed by atoms with Crippen molar-refractivity contribution in [3.63, 3.8) is 0 Å². The van der Waals surface area contributed by atoms with Crippen LogP contribution in [0.5, 0.6) is 5.75 Å². The largest absolute Gasteiger partial charge is 0.471 e. The van der Waals surface area contributed by atoms with Crippen molar-refractivity contribution in [1.82, 2.24) is 15.1 Å². The summed E-state index contributed by atoms with van der Waals surface area (Å²) in [6.45, 7) is 0.685. The quantitative estimate of drug-likeness (QED) is 0.720. The van der Waals surface area contributed by atoms with Crippen LogP contribution < -0.4 is 10.1 Å². The summed E-state index contributed by atoms with van der Waals surface area (Å²) in [5, 5.41) is 7.02. The number of benzene rings is 2. The highest BCUT2D eigenvalue weighted by Crippen LogP contribution is 2.11. The number of nitrogens with zero attached hydrogens (tertiary/aromatic N) is 2. The molecule has 0 radical (unpaired) electrons. The third kappa shape index (κ3) is 4.91. The second-order valence-electron chi connectivity index (χ2n) is 5.46. The van der Waals surface area contributed by atoms with E-state index in [0.717, 1.165) is 6.42 Å². The number of rotatable bonds is 7. The van der Waals surface area contributed by atoms with Crippen LogP contribution in [-0.2, 0) is 13.2 Å². The molecular weight excluding hydrogens is 321 g/mol. The molecule has 0 aliphatic carbocycles. The first-order valence-corrected chi connectivity index (χ1v) is 7.95. The lowest BCUT2D eigenvalue weighted by Gasteiger charge is -2.06. The van der Waals surface area contributed by atoms with Crippen molar-refractivity contribution < 1.29 is 13.9 Å².